The maximum absolute atomic E-state index is 12.3. The molecule has 3 aromatic rings. The topological polar surface area (TPSA) is 82.2 Å². The number of ether oxygens (including phenoxy) is 1. The zero-order chi connectivity index (χ0) is 15.7. The highest BCUT2D eigenvalue weighted by Gasteiger charge is 2.13. The molecule has 0 amide bonds. The summed E-state index contributed by atoms with van der Waals surface area (Å²) in [6.07, 6.45) is 2.13. The smallest absolute Gasteiger partial charge is 0.281 e. The number of hydrogen-bond donors (Lipinski definition) is 1. The van der Waals surface area contributed by atoms with Gasteiger partial charge in [-0.25, -0.2) is 9.97 Å². The SMILES string of the molecule is COc1cccc([C@@H](O)Cn2cnc3c(ncn3C)c2=O)c1. The number of nitrogens with zero attached hydrogens (tertiary/aromatic N) is 4. The molecule has 0 radical (unpaired) electrons. The van der Waals surface area contributed by atoms with Crippen LogP contribution in [-0.2, 0) is 13.6 Å². The van der Waals surface area contributed by atoms with Gasteiger partial charge in [-0.05, 0) is 17.7 Å². The van der Waals surface area contributed by atoms with Gasteiger partial charge in [0.25, 0.3) is 5.56 Å². The predicted molar refractivity (Wildman–Crippen MR) is 80.7 cm³/mol. The number of rotatable bonds is 4. The maximum Gasteiger partial charge on any atom is 0.281 e. The van der Waals surface area contributed by atoms with E-state index in [-0.39, 0.29) is 12.1 Å². The van der Waals surface area contributed by atoms with E-state index in [0.717, 1.165) is 0 Å². The summed E-state index contributed by atoms with van der Waals surface area (Å²) in [7, 11) is 3.34. The van der Waals surface area contributed by atoms with Gasteiger partial charge in [-0.1, -0.05) is 12.1 Å². The quantitative estimate of drug-likeness (QED) is 0.773. The van der Waals surface area contributed by atoms with E-state index in [1.54, 1.807) is 49.3 Å². The van der Waals surface area contributed by atoms with E-state index >= 15 is 0 Å². The fourth-order valence-corrected chi connectivity index (χ4v) is 2.31. The first-order valence-electron chi connectivity index (χ1n) is 6.78. The minimum atomic E-state index is -0.837. The zero-order valence-corrected chi connectivity index (χ0v) is 12.3. The highest BCUT2D eigenvalue weighted by Crippen LogP contribution is 2.20. The first-order chi connectivity index (χ1) is 10.6. The number of aromatic nitrogens is 4. The molecule has 0 spiro atoms. The number of imidazole rings is 1. The molecule has 1 atom stereocenters. The summed E-state index contributed by atoms with van der Waals surface area (Å²) in [5.41, 5.74) is 1.22. The van der Waals surface area contributed by atoms with E-state index in [1.165, 1.54) is 10.9 Å². The lowest BCUT2D eigenvalue weighted by Gasteiger charge is -2.13. The second-order valence-corrected chi connectivity index (χ2v) is 5.02. The van der Waals surface area contributed by atoms with Crippen LogP contribution in [0.2, 0.25) is 0 Å². The minimum absolute atomic E-state index is 0.103. The predicted octanol–water partition coefficient (Wildman–Crippen LogP) is 0.872. The van der Waals surface area contributed by atoms with Gasteiger partial charge >= 0.3 is 0 Å². The van der Waals surface area contributed by atoms with Crippen LogP contribution >= 0.6 is 0 Å². The van der Waals surface area contributed by atoms with Crippen molar-refractivity contribution in [2.24, 2.45) is 7.05 Å². The number of aryl methyl sites for hydroxylation is 1. The van der Waals surface area contributed by atoms with E-state index < -0.39 is 6.10 Å². The summed E-state index contributed by atoms with van der Waals surface area (Å²) >= 11 is 0. The van der Waals surface area contributed by atoms with E-state index in [1.807, 2.05) is 0 Å². The molecule has 0 saturated carbocycles. The molecule has 7 heteroatoms. The second-order valence-electron chi connectivity index (χ2n) is 5.02. The van der Waals surface area contributed by atoms with Crippen molar-refractivity contribution in [1.29, 1.82) is 0 Å². The van der Waals surface area contributed by atoms with Gasteiger partial charge in [-0.3, -0.25) is 9.36 Å². The Morgan fingerprint density at radius 2 is 2.14 bits per heavy atom. The monoisotopic (exact) mass is 300 g/mol. The fraction of sp³-hybridized carbons (Fsp3) is 0.267. The molecule has 0 bridgehead atoms. The first-order valence-corrected chi connectivity index (χ1v) is 6.78. The van der Waals surface area contributed by atoms with Gasteiger partial charge in [0, 0.05) is 7.05 Å². The van der Waals surface area contributed by atoms with Gasteiger partial charge in [-0.15, -0.1) is 0 Å². The molecule has 114 valence electrons. The van der Waals surface area contributed by atoms with Crippen molar-refractivity contribution in [3.63, 3.8) is 0 Å². The molecular weight excluding hydrogens is 284 g/mol. The summed E-state index contributed by atoms with van der Waals surface area (Å²) in [5.74, 6) is 0.655. The highest BCUT2D eigenvalue weighted by atomic mass is 16.5. The van der Waals surface area contributed by atoms with Gasteiger partial charge in [0.15, 0.2) is 11.2 Å². The normalized spacial score (nSPS) is 12.5. The van der Waals surface area contributed by atoms with Crippen LogP contribution in [0, 0.1) is 0 Å². The van der Waals surface area contributed by atoms with Crippen molar-refractivity contribution >= 4 is 11.2 Å². The van der Waals surface area contributed by atoms with Crippen LogP contribution in [0.3, 0.4) is 0 Å². The van der Waals surface area contributed by atoms with Crippen LogP contribution in [0.25, 0.3) is 11.2 Å². The average molecular weight is 300 g/mol. The molecule has 2 aromatic heterocycles. The largest absolute Gasteiger partial charge is 0.497 e. The average Bonchev–Trinajstić information content (AvgIpc) is 2.92. The summed E-state index contributed by atoms with van der Waals surface area (Å²) in [6, 6.07) is 7.11. The molecule has 3 rings (SSSR count). The van der Waals surface area contributed by atoms with Gasteiger partial charge in [0.2, 0.25) is 0 Å². The Morgan fingerprint density at radius 3 is 2.91 bits per heavy atom. The van der Waals surface area contributed by atoms with Gasteiger partial charge in [0.05, 0.1) is 26.1 Å². The van der Waals surface area contributed by atoms with Gasteiger partial charge in [-0.2, -0.15) is 0 Å². The summed E-state index contributed by atoms with van der Waals surface area (Å²) in [4.78, 5) is 20.6. The molecule has 0 aliphatic rings. The first kappa shape index (κ1) is 14.3. The van der Waals surface area contributed by atoms with Crippen molar-refractivity contribution in [1.82, 2.24) is 19.1 Å². The van der Waals surface area contributed by atoms with Gasteiger partial charge in [0.1, 0.15) is 12.1 Å². The van der Waals surface area contributed by atoms with E-state index in [4.69, 9.17) is 4.74 Å². The Kier molecular flexibility index (Phi) is 3.64. The summed E-state index contributed by atoms with van der Waals surface area (Å²) in [5, 5.41) is 10.3. The Morgan fingerprint density at radius 1 is 1.32 bits per heavy atom. The van der Waals surface area contributed by atoms with Crippen molar-refractivity contribution in [3.05, 3.63) is 52.8 Å². The lowest BCUT2D eigenvalue weighted by molar-refractivity contribution is 0.154. The number of benzene rings is 1. The molecule has 0 aliphatic heterocycles. The molecule has 1 aromatic carbocycles. The van der Waals surface area contributed by atoms with Crippen LogP contribution in [-0.4, -0.2) is 31.3 Å². The molecule has 22 heavy (non-hydrogen) atoms. The van der Waals surface area contributed by atoms with Crippen LogP contribution in [0.4, 0.5) is 0 Å². The molecule has 0 aliphatic carbocycles. The van der Waals surface area contributed by atoms with Crippen molar-refractivity contribution in [2.75, 3.05) is 7.11 Å². The number of fused-ring (bicyclic) bond motifs is 1. The summed E-state index contributed by atoms with van der Waals surface area (Å²) in [6.45, 7) is 0.103. The van der Waals surface area contributed by atoms with Crippen LogP contribution in [0.1, 0.15) is 11.7 Å². The third-order valence-corrected chi connectivity index (χ3v) is 3.54. The van der Waals surface area contributed by atoms with Crippen LogP contribution in [0.5, 0.6) is 5.75 Å². The number of hydrogen-bond acceptors (Lipinski definition) is 5. The Hall–Kier alpha value is -2.67. The minimum Gasteiger partial charge on any atom is -0.497 e. The highest BCUT2D eigenvalue weighted by molar-refractivity contribution is 5.68. The number of methoxy groups -OCH3 is 1. The summed E-state index contributed by atoms with van der Waals surface area (Å²) < 4.78 is 8.18. The number of aliphatic hydroxyl groups excluding tert-OH is 1. The van der Waals surface area contributed by atoms with E-state index in [2.05, 4.69) is 9.97 Å². The number of aliphatic hydroxyl groups is 1. The third kappa shape index (κ3) is 2.46. The molecule has 0 unspecified atom stereocenters. The van der Waals surface area contributed by atoms with Crippen LogP contribution < -0.4 is 10.3 Å². The molecule has 7 nitrogen and oxygen atoms in total. The standard InChI is InChI=1S/C15H16N4O3/c1-18-8-16-13-14(18)17-9-19(15(13)21)7-12(20)10-4-3-5-11(6-10)22-2/h3-6,8-9,12,20H,7H2,1-2H3/t12-/m0/s1. The van der Waals surface area contributed by atoms with Crippen molar-refractivity contribution in [3.8, 4) is 5.75 Å². The van der Waals surface area contributed by atoms with E-state index in [0.29, 0.717) is 22.5 Å². The Bertz CT molecular complexity index is 869. The van der Waals surface area contributed by atoms with E-state index in [9.17, 15) is 9.90 Å². The molecule has 0 fully saturated rings. The Labute approximate surface area is 126 Å². The maximum atomic E-state index is 12.3. The third-order valence-electron chi connectivity index (χ3n) is 3.54. The van der Waals surface area contributed by atoms with Crippen LogP contribution in [0.15, 0.2) is 41.7 Å². The fourth-order valence-electron chi connectivity index (χ4n) is 2.31. The second kappa shape index (κ2) is 5.61. The molecule has 1 N–H and O–H groups in total. The van der Waals surface area contributed by atoms with Crippen molar-refractivity contribution in [2.45, 2.75) is 12.6 Å². The van der Waals surface area contributed by atoms with Crippen molar-refractivity contribution < 1.29 is 9.84 Å². The Balaban J connectivity index is 1.92. The molecule has 0 saturated heterocycles. The lowest BCUT2D eigenvalue weighted by Crippen LogP contribution is -2.24. The molecular formula is C15H16N4O3. The van der Waals surface area contributed by atoms with Gasteiger partial charge < -0.3 is 14.4 Å². The zero-order valence-electron chi connectivity index (χ0n) is 12.3. The lowest BCUT2D eigenvalue weighted by atomic mass is 10.1. The molecule has 2 heterocycles.